The molecule has 0 radical (unpaired) electrons. The van der Waals surface area contributed by atoms with Crippen LogP contribution in [0.2, 0.25) is 0 Å². The molecule has 0 saturated heterocycles. The molecule has 0 bridgehead atoms. The predicted octanol–water partition coefficient (Wildman–Crippen LogP) is 2.57. The van der Waals surface area contributed by atoms with Crippen LogP contribution in [0.5, 0.6) is 0 Å². The number of hydrogen-bond acceptors (Lipinski definition) is 1. The molecule has 1 N–H and O–H groups in total. The van der Waals surface area contributed by atoms with E-state index in [-0.39, 0.29) is 5.92 Å². The number of nitrogens with one attached hydrogen (secondary N) is 1. The zero-order valence-electron chi connectivity index (χ0n) is 7.82. The van der Waals surface area contributed by atoms with Gasteiger partial charge in [0, 0.05) is 0 Å². The van der Waals surface area contributed by atoms with Gasteiger partial charge in [-0.1, -0.05) is 12.8 Å². The summed E-state index contributed by atoms with van der Waals surface area (Å²) in [5.41, 5.74) is 0. The molecular formula is C9H16F3N. The summed E-state index contributed by atoms with van der Waals surface area (Å²) in [5, 5.41) is 2.84. The molecule has 0 spiro atoms. The summed E-state index contributed by atoms with van der Waals surface area (Å²) in [4.78, 5) is 0. The molecule has 4 heteroatoms. The van der Waals surface area contributed by atoms with Crippen LogP contribution in [-0.4, -0.2) is 19.8 Å². The molecule has 0 aromatic rings. The highest BCUT2D eigenvalue weighted by Gasteiger charge is 2.44. The largest absolute Gasteiger partial charge is 0.392 e. The summed E-state index contributed by atoms with van der Waals surface area (Å²) in [7, 11) is 1.71. The van der Waals surface area contributed by atoms with E-state index in [0.29, 0.717) is 19.4 Å². The summed E-state index contributed by atoms with van der Waals surface area (Å²) < 4.78 is 37.5. The van der Waals surface area contributed by atoms with Crippen LogP contribution >= 0.6 is 0 Å². The van der Waals surface area contributed by atoms with Gasteiger partial charge >= 0.3 is 6.18 Å². The first kappa shape index (κ1) is 10.8. The third-order valence-corrected chi connectivity index (χ3v) is 2.80. The quantitative estimate of drug-likeness (QED) is 0.714. The molecule has 1 fully saturated rings. The topological polar surface area (TPSA) is 12.0 Å². The van der Waals surface area contributed by atoms with Gasteiger partial charge in [-0.05, 0) is 32.4 Å². The molecule has 78 valence electrons. The Morgan fingerprint density at radius 2 is 1.85 bits per heavy atom. The molecule has 2 atom stereocenters. The second-order valence-corrected chi connectivity index (χ2v) is 3.75. The van der Waals surface area contributed by atoms with Crippen molar-refractivity contribution in [2.45, 2.75) is 31.9 Å². The Labute approximate surface area is 76.7 Å². The molecule has 0 amide bonds. The second-order valence-electron chi connectivity index (χ2n) is 3.75. The zero-order chi connectivity index (χ0) is 9.90. The molecule has 1 saturated carbocycles. The average molecular weight is 195 g/mol. The van der Waals surface area contributed by atoms with E-state index in [4.69, 9.17) is 0 Å². The second kappa shape index (κ2) is 4.31. The lowest BCUT2D eigenvalue weighted by molar-refractivity contribution is -0.195. The van der Waals surface area contributed by atoms with Gasteiger partial charge in [0.15, 0.2) is 0 Å². The van der Waals surface area contributed by atoms with Gasteiger partial charge in [-0.3, -0.25) is 0 Å². The summed E-state index contributed by atoms with van der Waals surface area (Å²) >= 11 is 0. The van der Waals surface area contributed by atoms with Crippen molar-refractivity contribution in [2.75, 3.05) is 13.6 Å². The Balaban J connectivity index is 2.56. The maximum Gasteiger partial charge on any atom is 0.392 e. The smallest absolute Gasteiger partial charge is 0.319 e. The minimum Gasteiger partial charge on any atom is -0.319 e. The first-order chi connectivity index (χ1) is 6.05. The Morgan fingerprint density at radius 3 is 2.38 bits per heavy atom. The fraction of sp³-hybridized carbons (Fsp3) is 1.00. The zero-order valence-corrected chi connectivity index (χ0v) is 7.82. The van der Waals surface area contributed by atoms with Crippen molar-refractivity contribution in [1.29, 1.82) is 0 Å². The number of hydrogen-bond donors (Lipinski definition) is 1. The van der Waals surface area contributed by atoms with Gasteiger partial charge in [0.2, 0.25) is 0 Å². The SMILES string of the molecule is CNC[C@H]1CCCC[C@H]1C(F)(F)F. The minimum absolute atomic E-state index is 0.209. The Kier molecular flexibility index (Phi) is 3.59. The molecule has 13 heavy (non-hydrogen) atoms. The van der Waals surface area contributed by atoms with Gasteiger partial charge in [-0.2, -0.15) is 13.2 Å². The van der Waals surface area contributed by atoms with Crippen LogP contribution in [0.3, 0.4) is 0 Å². The maximum atomic E-state index is 12.5. The highest BCUT2D eigenvalue weighted by Crippen LogP contribution is 2.40. The lowest BCUT2D eigenvalue weighted by atomic mass is 9.79. The molecular weight excluding hydrogens is 179 g/mol. The molecule has 0 unspecified atom stereocenters. The van der Waals surface area contributed by atoms with Crippen molar-refractivity contribution in [2.24, 2.45) is 11.8 Å². The minimum atomic E-state index is -4.00. The molecule has 1 rings (SSSR count). The fourth-order valence-electron chi connectivity index (χ4n) is 2.15. The van der Waals surface area contributed by atoms with Gasteiger partial charge in [-0.25, -0.2) is 0 Å². The van der Waals surface area contributed by atoms with E-state index in [1.165, 1.54) is 0 Å². The van der Waals surface area contributed by atoms with Crippen LogP contribution in [-0.2, 0) is 0 Å². The molecule has 0 heterocycles. The normalized spacial score (nSPS) is 30.5. The summed E-state index contributed by atoms with van der Waals surface area (Å²) in [6, 6.07) is 0. The monoisotopic (exact) mass is 195 g/mol. The van der Waals surface area contributed by atoms with Crippen LogP contribution in [0, 0.1) is 11.8 Å². The summed E-state index contributed by atoms with van der Waals surface area (Å²) in [6.45, 7) is 0.490. The van der Waals surface area contributed by atoms with E-state index in [2.05, 4.69) is 5.32 Å². The van der Waals surface area contributed by atoms with Crippen molar-refractivity contribution in [3.63, 3.8) is 0 Å². The summed E-state index contributed by atoms with van der Waals surface area (Å²) in [5.74, 6) is -1.28. The number of rotatable bonds is 2. The average Bonchev–Trinajstić information content (AvgIpc) is 2.04. The van der Waals surface area contributed by atoms with Gasteiger partial charge in [0.1, 0.15) is 0 Å². The van der Waals surface area contributed by atoms with Crippen molar-refractivity contribution in [3.05, 3.63) is 0 Å². The Hall–Kier alpha value is -0.250. The van der Waals surface area contributed by atoms with Crippen LogP contribution in [0.15, 0.2) is 0 Å². The Bertz CT molecular complexity index is 153. The molecule has 0 aromatic carbocycles. The highest BCUT2D eigenvalue weighted by atomic mass is 19.4. The third-order valence-electron chi connectivity index (χ3n) is 2.80. The maximum absolute atomic E-state index is 12.5. The lowest BCUT2D eigenvalue weighted by Crippen LogP contribution is -2.37. The van der Waals surface area contributed by atoms with Gasteiger partial charge in [0.05, 0.1) is 5.92 Å². The van der Waals surface area contributed by atoms with Crippen LogP contribution < -0.4 is 5.32 Å². The van der Waals surface area contributed by atoms with E-state index in [9.17, 15) is 13.2 Å². The molecule has 0 aromatic heterocycles. The van der Waals surface area contributed by atoms with Crippen molar-refractivity contribution in [1.82, 2.24) is 5.32 Å². The van der Waals surface area contributed by atoms with E-state index < -0.39 is 12.1 Å². The molecule has 1 aliphatic rings. The van der Waals surface area contributed by atoms with Gasteiger partial charge in [-0.15, -0.1) is 0 Å². The summed E-state index contributed by atoms with van der Waals surface area (Å²) in [6.07, 6.45) is -1.30. The van der Waals surface area contributed by atoms with Gasteiger partial charge < -0.3 is 5.32 Å². The van der Waals surface area contributed by atoms with Crippen molar-refractivity contribution in [3.8, 4) is 0 Å². The molecule has 0 aliphatic heterocycles. The highest BCUT2D eigenvalue weighted by molar-refractivity contribution is 4.81. The first-order valence-electron chi connectivity index (χ1n) is 4.77. The van der Waals surface area contributed by atoms with Crippen LogP contribution in [0.25, 0.3) is 0 Å². The predicted molar refractivity (Wildman–Crippen MR) is 45.4 cm³/mol. The van der Waals surface area contributed by atoms with Crippen molar-refractivity contribution < 1.29 is 13.2 Å². The van der Waals surface area contributed by atoms with Crippen LogP contribution in [0.4, 0.5) is 13.2 Å². The third kappa shape index (κ3) is 2.86. The standard InChI is InChI=1S/C9H16F3N/c1-13-6-7-4-2-3-5-8(7)9(10,11)12/h7-8,13H,2-6H2,1H3/t7-,8-/m1/s1. The Morgan fingerprint density at radius 1 is 1.23 bits per heavy atom. The van der Waals surface area contributed by atoms with E-state index in [1.54, 1.807) is 7.05 Å². The van der Waals surface area contributed by atoms with E-state index in [0.717, 1.165) is 12.8 Å². The fourth-order valence-corrected chi connectivity index (χ4v) is 2.15. The lowest BCUT2D eigenvalue weighted by Gasteiger charge is -2.32. The van der Waals surface area contributed by atoms with Crippen LogP contribution in [0.1, 0.15) is 25.7 Å². The van der Waals surface area contributed by atoms with E-state index in [1.807, 2.05) is 0 Å². The van der Waals surface area contributed by atoms with E-state index >= 15 is 0 Å². The molecule has 1 nitrogen and oxygen atoms in total. The number of halogens is 3. The van der Waals surface area contributed by atoms with Crippen molar-refractivity contribution >= 4 is 0 Å². The first-order valence-corrected chi connectivity index (χ1v) is 4.77. The molecule has 1 aliphatic carbocycles. The number of alkyl halides is 3. The van der Waals surface area contributed by atoms with Gasteiger partial charge in [0.25, 0.3) is 0 Å².